The van der Waals surface area contributed by atoms with Crippen molar-refractivity contribution in [3.63, 3.8) is 0 Å². The van der Waals surface area contributed by atoms with Gasteiger partial charge in [0.1, 0.15) is 6.54 Å². The van der Waals surface area contributed by atoms with Gasteiger partial charge in [0.2, 0.25) is 15.9 Å². The van der Waals surface area contributed by atoms with Crippen molar-refractivity contribution in [2.24, 2.45) is 0 Å². The first kappa shape index (κ1) is 28.3. The highest BCUT2D eigenvalue weighted by atomic mass is 32.2. The van der Waals surface area contributed by atoms with Crippen molar-refractivity contribution in [2.75, 3.05) is 24.0 Å². The van der Waals surface area contributed by atoms with Gasteiger partial charge < -0.3 is 10.4 Å². The predicted molar refractivity (Wildman–Crippen MR) is 142 cm³/mol. The smallest absolute Gasteiger partial charge is 0.264 e. The zero-order valence-corrected chi connectivity index (χ0v) is 22.6. The van der Waals surface area contributed by atoms with E-state index in [-0.39, 0.29) is 29.5 Å². The highest BCUT2D eigenvalue weighted by molar-refractivity contribution is 7.92. The average Bonchev–Trinajstić information content (AvgIpc) is 2.87. The van der Waals surface area contributed by atoms with Gasteiger partial charge in [-0.1, -0.05) is 42.0 Å². The Morgan fingerprint density at radius 2 is 1.57 bits per heavy atom. The molecule has 0 heterocycles. The second kappa shape index (κ2) is 11.9. The van der Waals surface area contributed by atoms with Gasteiger partial charge in [-0.15, -0.1) is 0 Å². The molecule has 0 unspecified atom stereocenters. The van der Waals surface area contributed by atoms with Crippen LogP contribution in [0.2, 0.25) is 0 Å². The van der Waals surface area contributed by atoms with E-state index in [0.29, 0.717) is 11.3 Å². The van der Waals surface area contributed by atoms with Crippen LogP contribution in [0.5, 0.6) is 0 Å². The fourth-order valence-corrected chi connectivity index (χ4v) is 6.19. The second-order valence-electron chi connectivity index (χ2n) is 8.59. The minimum Gasteiger partial charge on any atom is -0.395 e. The highest BCUT2D eigenvalue weighted by Gasteiger charge is 2.28. The molecule has 0 aliphatic carbocycles. The molecule has 1 amide bonds. The van der Waals surface area contributed by atoms with Crippen LogP contribution in [-0.2, 0) is 31.4 Å². The summed E-state index contributed by atoms with van der Waals surface area (Å²) in [7, 11) is -7.87. The molecule has 0 aromatic heterocycles. The lowest BCUT2D eigenvalue weighted by atomic mass is 10.1. The Morgan fingerprint density at radius 1 is 0.892 bits per heavy atom. The van der Waals surface area contributed by atoms with Crippen LogP contribution in [0.4, 0.5) is 5.69 Å². The number of aryl methyl sites for hydroxylation is 2. The molecule has 3 aromatic rings. The minimum absolute atomic E-state index is 0.00654. The Labute approximate surface area is 218 Å². The Kier molecular flexibility index (Phi) is 9.08. The summed E-state index contributed by atoms with van der Waals surface area (Å²) < 4.78 is 55.2. The van der Waals surface area contributed by atoms with E-state index in [4.69, 9.17) is 5.11 Å². The van der Waals surface area contributed by atoms with Crippen molar-refractivity contribution in [1.29, 1.82) is 0 Å². The molecular weight excluding hydrogens is 514 g/mol. The molecule has 37 heavy (non-hydrogen) atoms. The number of nitrogens with one attached hydrogen (secondary N) is 2. The van der Waals surface area contributed by atoms with E-state index in [1.54, 1.807) is 43.3 Å². The molecular formula is C26H31N3O6S2. The molecule has 3 rings (SSSR count). The normalized spacial score (nSPS) is 11.8. The second-order valence-corrected chi connectivity index (χ2v) is 12.2. The summed E-state index contributed by atoms with van der Waals surface area (Å²) in [6.45, 7) is 4.60. The van der Waals surface area contributed by atoms with Crippen LogP contribution in [-0.4, -0.2) is 47.5 Å². The lowest BCUT2D eigenvalue weighted by Crippen LogP contribution is -2.41. The van der Waals surface area contributed by atoms with Crippen LogP contribution < -0.4 is 14.3 Å². The maximum Gasteiger partial charge on any atom is 0.264 e. The molecule has 9 nitrogen and oxygen atoms in total. The summed E-state index contributed by atoms with van der Waals surface area (Å²) in [6, 6.07) is 17.7. The van der Waals surface area contributed by atoms with Crippen LogP contribution in [0.15, 0.2) is 76.5 Å². The highest BCUT2D eigenvalue weighted by Crippen LogP contribution is 2.28. The number of amides is 1. The number of rotatable bonds is 11. The molecule has 0 spiro atoms. The van der Waals surface area contributed by atoms with E-state index in [1.807, 2.05) is 19.9 Å². The Balaban J connectivity index is 1.84. The van der Waals surface area contributed by atoms with Gasteiger partial charge in [-0.05, 0) is 67.8 Å². The van der Waals surface area contributed by atoms with Crippen molar-refractivity contribution in [3.8, 4) is 0 Å². The van der Waals surface area contributed by atoms with Gasteiger partial charge in [0.15, 0.2) is 0 Å². The molecule has 0 aliphatic heterocycles. The lowest BCUT2D eigenvalue weighted by molar-refractivity contribution is -0.119. The van der Waals surface area contributed by atoms with E-state index in [0.717, 1.165) is 21.0 Å². The van der Waals surface area contributed by atoms with Crippen molar-refractivity contribution >= 4 is 31.6 Å². The monoisotopic (exact) mass is 545 g/mol. The molecule has 3 aromatic carbocycles. The summed E-state index contributed by atoms with van der Waals surface area (Å²) in [5.41, 5.74) is 3.44. The SMILES string of the molecule is Cc1ccc(S(=O)(=O)N(CC(=O)NCc2cccc(S(=O)(=O)NCCO)c2)c2cccc(C)c2C)cc1. The number of aliphatic hydroxyl groups is 1. The van der Waals surface area contributed by atoms with E-state index in [9.17, 15) is 21.6 Å². The number of hydrogen-bond acceptors (Lipinski definition) is 6. The molecule has 0 radical (unpaired) electrons. The third-order valence-electron chi connectivity index (χ3n) is 5.84. The average molecular weight is 546 g/mol. The van der Waals surface area contributed by atoms with Crippen LogP contribution in [0, 0.1) is 20.8 Å². The fraction of sp³-hybridized carbons (Fsp3) is 0.269. The first-order valence-corrected chi connectivity index (χ1v) is 14.5. The molecule has 0 fully saturated rings. The van der Waals surface area contributed by atoms with E-state index in [2.05, 4.69) is 10.0 Å². The lowest BCUT2D eigenvalue weighted by Gasteiger charge is -2.26. The standard InChI is InChI=1S/C26H31N3O6S2/c1-19-10-12-23(13-11-19)37(34,35)29(25-9-4-6-20(2)21(25)3)18-26(31)27-17-22-7-5-8-24(16-22)36(32,33)28-14-15-30/h4-13,16,28,30H,14-15,17-18H2,1-3H3,(H,27,31). The number of nitrogens with zero attached hydrogens (tertiary/aromatic N) is 1. The van der Waals surface area contributed by atoms with Gasteiger partial charge in [-0.2, -0.15) is 0 Å². The molecule has 3 N–H and O–H groups in total. The molecule has 0 bridgehead atoms. The summed E-state index contributed by atoms with van der Waals surface area (Å²) in [4.78, 5) is 13.0. The largest absolute Gasteiger partial charge is 0.395 e. The zero-order valence-electron chi connectivity index (χ0n) is 20.9. The minimum atomic E-state index is -4.06. The van der Waals surface area contributed by atoms with Gasteiger partial charge in [-0.25, -0.2) is 21.6 Å². The quantitative estimate of drug-likeness (QED) is 0.339. The summed E-state index contributed by atoms with van der Waals surface area (Å²) >= 11 is 0. The molecule has 11 heteroatoms. The van der Waals surface area contributed by atoms with Crippen LogP contribution in [0.3, 0.4) is 0 Å². The van der Waals surface area contributed by atoms with Gasteiger partial charge in [0, 0.05) is 13.1 Å². The predicted octanol–water partition coefficient (Wildman–Crippen LogP) is 2.39. The third-order valence-corrected chi connectivity index (χ3v) is 9.08. The van der Waals surface area contributed by atoms with Crippen molar-refractivity contribution in [2.45, 2.75) is 37.1 Å². The fourth-order valence-electron chi connectivity index (χ4n) is 3.62. The maximum absolute atomic E-state index is 13.6. The maximum atomic E-state index is 13.6. The topological polar surface area (TPSA) is 133 Å². The number of hydrogen-bond donors (Lipinski definition) is 3. The molecule has 0 saturated carbocycles. The van der Waals surface area contributed by atoms with Gasteiger partial charge in [0.05, 0.1) is 22.1 Å². The van der Waals surface area contributed by atoms with Crippen LogP contribution in [0.25, 0.3) is 0 Å². The van der Waals surface area contributed by atoms with Crippen LogP contribution >= 0.6 is 0 Å². The Morgan fingerprint density at radius 3 is 2.24 bits per heavy atom. The molecule has 0 saturated heterocycles. The Bertz CT molecular complexity index is 1470. The summed E-state index contributed by atoms with van der Waals surface area (Å²) in [5, 5.41) is 11.6. The number of sulfonamides is 2. The number of carbonyl (C=O) groups excluding carboxylic acids is 1. The van der Waals surface area contributed by atoms with Crippen molar-refractivity contribution in [1.82, 2.24) is 10.0 Å². The number of benzene rings is 3. The van der Waals surface area contributed by atoms with Gasteiger partial charge >= 0.3 is 0 Å². The first-order valence-electron chi connectivity index (χ1n) is 11.6. The van der Waals surface area contributed by atoms with Crippen molar-refractivity contribution in [3.05, 3.63) is 89.0 Å². The molecule has 198 valence electrons. The van der Waals surface area contributed by atoms with Crippen LogP contribution in [0.1, 0.15) is 22.3 Å². The van der Waals surface area contributed by atoms with E-state index in [1.165, 1.54) is 24.3 Å². The van der Waals surface area contributed by atoms with E-state index >= 15 is 0 Å². The van der Waals surface area contributed by atoms with E-state index < -0.39 is 32.5 Å². The summed E-state index contributed by atoms with van der Waals surface area (Å²) in [5.74, 6) is -0.553. The summed E-state index contributed by atoms with van der Waals surface area (Å²) in [6.07, 6.45) is 0. The number of anilines is 1. The zero-order chi connectivity index (χ0) is 27.2. The van der Waals surface area contributed by atoms with Gasteiger partial charge in [0.25, 0.3) is 10.0 Å². The number of aliphatic hydroxyl groups excluding tert-OH is 1. The molecule has 0 atom stereocenters. The van der Waals surface area contributed by atoms with Crippen molar-refractivity contribution < 1.29 is 26.7 Å². The third kappa shape index (κ3) is 6.95. The van der Waals surface area contributed by atoms with Gasteiger partial charge in [-0.3, -0.25) is 9.10 Å². The number of carbonyl (C=O) groups is 1. The first-order chi connectivity index (χ1) is 17.5. The molecule has 0 aliphatic rings. The Hall–Kier alpha value is -3.25.